The first-order valence-electron chi connectivity index (χ1n) is 7.71. The number of anilines is 2. The van der Waals surface area contributed by atoms with Crippen molar-refractivity contribution in [2.24, 2.45) is 0 Å². The second-order valence-corrected chi connectivity index (χ2v) is 5.64. The number of aryl methyl sites for hydroxylation is 2. The first-order valence-corrected chi connectivity index (χ1v) is 7.71. The van der Waals surface area contributed by atoms with E-state index in [2.05, 4.69) is 10.4 Å². The molecule has 0 unspecified atom stereocenters. The first kappa shape index (κ1) is 15.8. The quantitative estimate of drug-likeness (QED) is 0.579. The van der Waals surface area contributed by atoms with Gasteiger partial charge in [0, 0.05) is 24.9 Å². The third-order valence-electron chi connectivity index (χ3n) is 3.59. The minimum atomic E-state index is -0.316. The number of nitrogens with zero attached hydrogens (tertiary/aromatic N) is 2. The number of hydrogen-bond donors (Lipinski definition) is 1. The number of carbonyl (C=O) groups is 1. The van der Waals surface area contributed by atoms with Crippen molar-refractivity contribution in [3.63, 3.8) is 0 Å². The van der Waals surface area contributed by atoms with Gasteiger partial charge in [0.05, 0.1) is 5.69 Å². The molecule has 0 bridgehead atoms. The maximum Gasteiger partial charge on any atom is 0.308 e. The molecule has 0 atom stereocenters. The number of nitrogens with one attached hydrogen (secondary N) is 1. The molecule has 0 fully saturated rings. The highest BCUT2D eigenvalue weighted by molar-refractivity contribution is 5.71. The summed E-state index contributed by atoms with van der Waals surface area (Å²) in [7, 11) is 0. The Morgan fingerprint density at radius 1 is 1.08 bits per heavy atom. The van der Waals surface area contributed by atoms with Gasteiger partial charge in [0.25, 0.3) is 0 Å². The van der Waals surface area contributed by atoms with Crippen molar-refractivity contribution in [1.29, 1.82) is 0 Å². The SMILES string of the molecule is CC(=O)Oc1c(C)cc(Nc2ccn(-c3ccccc3)n2)cc1C. The van der Waals surface area contributed by atoms with Gasteiger partial charge in [-0.05, 0) is 49.2 Å². The molecule has 0 aliphatic carbocycles. The van der Waals surface area contributed by atoms with E-state index in [1.807, 2.05) is 73.3 Å². The molecule has 0 amide bonds. The molecule has 1 heterocycles. The minimum absolute atomic E-state index is 0.316. The van der Waals surface area contributed by atoms with Crippen LogP contribution in [0, 0.1) is 13.8 Å². The summed E-state index contributed by atoms with van der Waals surface area (Å²) in [6, 6.07) is 15.7. The number of esters is 1. The molecule has 0 radical (unpaired) electrons. The number of carbonyl (C=O) groups excluding carboxylic acids is 1. The Kier molecular flexibility index (Phi) is 4.33. The monoisotopic (exact) mass is 321 g/mol. The molecule has 0 aliphatic heterocycles. The van der Waals surface area contributed by atoms with Crippen molar-refractivity contribution >= 4 is 17.5 Å². The zero-order valence-electron chi connectivity index (χ0n) is 13.9. The summed E-state index contributed by atoms with van der Waals surface area (Å²) in [5.74, 6) is 1.05. The van der Waals surface area contributed by atoms with E-state index in [4.69, 9.17) is 4.74 Å². The molecular formula is C19H19N3O2. The Balaban J connectivity index is 1.82. The average molecular weight is 321 g/mol. The molecule has 0 aliphatic rings. The van der Waals surface area contributed by atoms with E-state index < -0.39 is 0 Å². The number of benzene rings is 2. The summed E-state index contributed by atoms with van der Waals surface area (Å²) >= 11 is 0. The van der Waals surface area contributed by atoms with Gasteiger partial charge < -0.3 is 10.1 Å². The van der Waals surface area contributed by atoms with Gasteiger partial charge in [-0.1, -0.05) is 18.2 Å². The highest BCUT2D eigenvalue weighted by Crippen LogP contribution is 2.28. The van der Waals surface area contributed by atoms with Crippen LogP contribution in [0.25, 0.3) is 5.69 Å². The van der Waals surface area contributed by atoms with Crippen LogP contribution in [0.4, 0.5) is 11.5 Å². The van der Waals surface area contributed by atoms with Crippen LogP contribution in [0.3, 0.4) is 0 Å². The Hall–Kier alpha value is -3.08. The van der Waals surface area contributed by atoms with Crippen LogP contribution in [-0.2, 0) is 4.79 Å². The van der Waals surface area contributed by atoms with Crippen LogP contribution in [0.2, 0.25) is 0 Å². The fourth-order valence-corrected chi connectivity index (χ4v) is 2.59. The van der Waals surface area contributed by atoms with Crippen molar-refractivity contribution < 1.29 is 9.53 Å². The third-order valence-corrected chi connectivity index (χ3v) is 3.59. The Labute approximate surface area is 140 Å². The summed E-state index contributed by atoms with van der Waals surface area (Å²) in [5, 5.41) is 7.81. The van der Waals surface area contributed by atoms with E-state index in [0.717, 1.165) is 28.3 Å². The van der Waals surface area contributed by atoms with Gasteiger partial charge in [-0.3, -0.25) is 4.79 Å². The van der Waals surface area contributed by atoms with E-state index in [0.29, 0.717) is 5.75 Å². The lowest BCUT2D eigenvalue weighted by atomic mass is 10.1. The van der Waals surface area contributed by atoms with E-state index in [1.165, 1.54) is 6.92 Å². The molecule has 3 rings (SSSR count). The standard InChI is InChI=1S/C19H19N3O2/c1-13-11-16(12-14(2)19(13)24-15(3)23)20-18-9-10-22(21-18)17-7-5-4-6-8-17/h4-12H,1-3H3,(H,20,21). The second kappa shape index (κ2) is 6.58. The Bertz CT molecular complexity index is 846. The van der Waals surface area contributed by atoms with Crippen LogP contribution in [0.5, 0.6) is 5.75 Å². The summed E-state index contributed by atoms with van der Waals surface area (Å²) < 4.78 is 7.07. The van der Waals surface area contributed by atoms with E-state index in [1.54, 1.807) is 0 Å². The lowest BCUT2D eigenvalue weighted by Gasteiger charge is -2.12. The van der Waals surface area contributed by atoms with Crippen molar-refractivity contribution in [3.05, 3.63) is 65.9 Å². The molecular weight excluding hydrogens is 302 g/mol. The van der Waals surface area contributed by atoms with Crippen LogP contribution in [0.15, 0.2) is 54.7 Å². The predicted octanol–water partition coefficient (Wildman–Crippen LogP) is 4.16. The van der Waals surface area contributed by atoms with Crippen LogP contribution in [-0.4, -0.2) is 15.7 Å². The van der Waals surface area contributed by atoms with E-state index in [-0.39, 0.29) is 5.97 Å². The second-order valence-electron chi connectivity index (χ2n) is 5.64. The first-order chi connectivity index (χ1) is 11.5. The van der Waals surface area contributed by atoms with Gasteiger partial charge in [-0.15, -0.1) is 0 Å². The van der Waals surface area contributed by atoms with Crippen molar-refractivity contribution in [2.75, 3.05) is 5.32 Å². The van der Waals surface area contributed by atoms with Crippen LogP contribution in [0.1, 0.15) is 18.1 Å². The molecule has 1 N–H and O–H groups in total. The third kappa shape index (κ3) is 3.46. The fourth-order valence-electron chi connectivity index (χ4n) is 2.59. The molecule has 0 spiro atoms. The van der Waals surface area contributed by atoms with Crippen molar-refractivity contribution in [2.45, 2.75) is 20.8 Å². The molecule has 2 aromatic carbocycles. The Morgan fingerprint density at radius 2 is 1.75 bits per heavy atom. The van der Waals surface area contributed by atoms with Gasteiger partial charge in [-0.2, -0.15) is 5.10 Å². The minimum Gasteiger partial charge on any atom is -0.426 e. The summed E-state index contributed by atoms with van der Waals surface area (Å²) in [6.07, 6.45) is 1.91. The highest BCUT2D eigenvalue weighted by Gasteiger charge is 2.10. The topological polar surface area (TPSA) is 56.1 Å². The van der Waals surface area contributed by atoms with Crippen molar-refractivity contribution in [3.8, 4) is 11.4 Å². The number of ether oxygens (including phenoxy) is 1. The molecule has 0 saturated carbocycles. The summed E-state index contributed by atoms with van der Waals surface area (Å²) in [6.45, 7) is 5.24. The zero-order chi connectivity index (χ0) is 17.1. The highest BCUT2D eigenvalue weighted by atomic mass is 16.5. The summed E-state index contributed by atoms with van der Waals surface area (Å²) in [4.78, 5) is 11.2. The predicted molar refractivity (Wildman–Crippen MR) is 94.1 cm³/mol. The summed E-state index contributed by atoms with van der Waals surface area (Å²) in [5.41, 5.74) is 3.70. The molecule has 1 aromatic heterocycles. The molecule has 5 heteroatoms. The maximum absolute atomic E-state index is 11.2. The van der Waals surface area contributed by atoms with Gasteiger partial charge in [-0.25, -0.2) is 4.68 Å². The lowest BCUT2D eigenvalue weighted by Crippen LogP contribution is -2.05. The van der Waals surface area contributed by atoms with Crippen LogP contribution < -0.4 is 10.1 Å². The van der Waals surface area contributed by atoms with Crippen LogP contribution >= 0.6 is 0 Å². The van der Waals surface area contributed by atoms with Crippen molar-refractivity contribution in [1.82, 2.24) is 9.78 Å². The number of rotatable bonds is 4. The molecule has 3 aromatic rings. The fraction of sp³-hybridized carbons (Fsp3) is 0.158. The maximum atomic E-state index is 11.2. The lowest BCUT2D eigenvalue weighted by molar-refractivity contribution is -0.131. The number of hydrogen-bond acceptors (Lipinski definition) is 4. The molecule has 0 saturated heterocycles. The van der Waals surface area contributed by atoms with Gasteiger partial charge in [0.1, 0.15) is 5.75 Å². The zero-order valence-corrected chi connectivity index (χ0v) is 13.9. The molecule has 5 nitrogen and oxygen atoms in total. The molecule has 122 valence electrons. The number of para-hydroxylation sites is 1. The largest absolute Gasteiger partial charge is 0.426 e. The van der Waals surface area contributed by atoms with E-state index in [9.17, 15) is 4.79 Å². The smallest absolute Gasteiger partial charge is 0.308 e. The van der Waals surface area contributed by atoms with Gasteiger partial charge in [0.15, 0.2) is 5.82 Å². The number of aromatic nitrogens is 2. The van der Waals surface area contributed by atoms with E-state index >= 15 is 0 Å². The normalized spacial score (nSPS) is 10.5. The van der Waals surface area contributed by atoms with Gasteiger partial charge >= 0.3 is 5.97 Å². The Morgan fingerprint density at radius 3 is 2.38 bits per heavy atom. The average Bonchev–Trinajstić information content (AvgIpc) is 3.00. The van der Waals surface area contributed by atoms with Gasteiger partial charge in [0.2, 0.25) is 0 Å². The molecule has 24 heavy (non-hydrogen) atoms.